The lowest BCUT2D eigenvalue weighted by Crippen LogP contribution is -2.13. The number of benzene rings is 2. The fraction of sp³-hybridized carbons (Fsp3) is 0. The van der Waals surface area contributed by atoms with Crippen molar-refractivity contribution in [1.82, 2.24) is 5.54 Å². The van der Waals surface area contributed by atoms with Gasteiger partial charge in [-0.05, 0) is 23.3 Å². The molecule has 0 saturated heterocycles. The second kappa shape index (κ2) is 5.23. The normalized spacial score (nSPS) is 9.83. The van der Waals surface area contributed by atoms with Gasteiger partial charge in [-0.25, -0.2) is 0 Å². The van der Waals surface area contributed by atoms with E-state index >= 15 is 0 Å². The Morgan fingerprint density at radius 2 is 1.78 bits per heavy atom. The van der Waals surface area contributed by atoms with Gasteiger partial charge >= 0.3 is 0 Å². The van der Waals surface area contributed by atoms with Crippen LogP contribution >= 0.6 is 0 Å². The molecule has 0 heterocycles. The van der Waals surface area contributed by atoms with Crippen LogP contribution in [0.5, 0.6) is 0 Å². The summed E-state index contributed by atoms with van der Waals surface area (Å²) in [5, 5.41) is 0. The molecule has 1 amide bonds. The van der Waals surface area contributed by atoms with E-state index in [1.807, 2.05) is 6.07 Å². The molecule has 1 N–H and O–H groups in total. The number of aldehydes is 1. The summed E-state index contributed by atoms with van der Waals surface area (Å²) in [4.78, 5) is 21.7. The van der Waals surface area contributed by atoms with Crippen LogP contribution in [0.4, 0.5) is 4.48 Å². The Bertz CT molecular complexity index is 579. The van der Waals surface area contributed by atoms with Crippen LogP contribution in [-0.2, 0) is 0 Å². The van der Waals surface area contributed by atoms with Crippen molar-refractivity contribution >= 4 is 12.2 Å². The van der Waals surface area contributed by atoms with Crippen LogP contribution < -0.4 is 5.54 Å². The third-order valence-electron chi connectivity index (χ3n) is 2.59. The molecule has 0 radical (unpaired) electrons. The molecule has 18 heavy (non-hydrogen) atoms. The maximum atomic E-state index is 12.1. The van der Waals surface area contributed by atoms with Crippen molar-refractivity contribution in [3.63, 3.8) is 0 Å². The van der Waals surface area contributed by atoms with Crippen molar-refractivity contribution in [3.05, 3.63) is 59.7 Å². The first-order chi connectivity index (χ1) is 8.74. The summed E-state index contributed by atoms with van der Waals surface area (Å²) in [6, 6.07) is 13.5. The van der Waals surface area contributed by atoms with E-state index in [1.165, 1.54) is 6.07 Å². The van der Waals surface area contributed by atoms with E-state index in [1.54, 1.807) is 36.4 Å². The lowest BCUT2D eigenvalue weighted by Gasteiger charge is -2.04. The number of hydrogen-bond donors (Lipinski definition) is 1. The van der Waals surface area contributed by atoms with Gasteiger partial charge in [-0.15, -0.1) is 0 Å². The molecule has 0 saturated carbocycles. The van der Waals surface area contributed by atoms with Crippen molar-refractivity contribution in [2.45, 2.75) is 0 Å². The Labute approximate surface area is 103 Å². The van der Waals surface area contributed by atoms with Gasteiger partial charge < -0.3 is 0 Å². The van der Waals surface area contributed by atoms with Crippen molar-refractivity contribution in [1.29, 1.82) is 0 Å². The van der Waals surface area contributed by atoms with Gasteiger partial charge in [0.15, 0.2) is 0 Å². The minimum atomic E-state index is -0.777. The molecule has 0 aliphatic heterocycles. The van der Waals surface area contributed by atoms with Crippen molar-refractivity contribution < 1.29 is 14.1 Å². The van der Waals surface area contributed by atoms with E-state index < -0.39 is 5.91 Å². The van der Waals surface area contributed by atoms with Crippen LogP contribution in [0.25, 0.3) is 11.1 Å². The van der Waals surface area contributed by atoms with E-state index in [9.17, 15) is 14.1 Å². The first kappa shape index (κ1) is 12.0. The molecule has 0 unspecified atom stereocenters. The smallest absolute Gasteiger partial charge is 0.278 e. The van der Waals surface area contributed by atoms with Crippen LogP contribution in [0.15, 0.2) is 48.5 Å². The first-order valence-corrected chi connectivity index (χ1v) is 5.31. The van der Waals surface area contributed by atoms with Gasteiger partial charge in [0, 0.05) is 11.1 Å². The number of halogens is 1. The molecular weight excluding hydrogens is 233 g/mol. The Balaban J connectivity index is 2.37. The summed E-state index contributed by atoms with van der Waals surface area (Å²) < 4.78 is 12.1. The summed E-state index contributed by atoms with van der Waals surface area (Å²) in [5.74, 6) is -0.777. The predicted octanol–water partition coefficient (Wildman–Crippen LogP) is 2.78. The van der Waals surface area contributed by atoms with Gasteiger partial charge in [0.1, 0.15) is 6.29 Å². The monoisotopic (exact) mass is 243 g/mol. The molecule has 0 aliphatic carbocycles. The fourth-order valence-corrected chi connectivity index (χ4v) is 1.65. The number of carbonyl (C=O) groups excluding carboxylic acids is 2. The van der Waals surface area contributed by atoms with Crippen molar-refractivity contribution in [2.75, 3.05) is 0 Å². The molecule has 0 aromatic heterocycles. The molecule has 2 aromatic carbocycles. The first-order valence-electron chi connectivity index (χ1n) is 5.31. The number of nitrogens with one attached hydrogen (secondary N) is 1. The van der Waals surface area contributed by atoms with E-state index in [4.69, 9.17) is 0 Å². The highest BCUT2D eigenvalue weighted by Gasteiger charge is 2.06. The van der Waals surface area contributed by atoms with Crippen molar-refractivity contribution in [2.24, 2.45) is 0 Å². The zero-order chi connectivity index (χ0) is 13.0. The highest BCUT2D eigenvalue weighted by atomic mass is 19.2. The zero-order valence-corrected chi connectivity index (χ0v) is 9.39. The third-order valence-corrected chi connectivity index (χ3v) is 2.59. The molecule has 0 bridgehead atoms. The van der Waals surface area contributed by atoms with Crippen LogP contribution in [-0.4, -0.2) is 12.2 Å². The topological polar surface area (TPSA) is 46.2 Å². The predicted molar refractivity (Wildman–Crippen MR) is 65.8 cm³/mol. The highest BCUT2D eigenvalue weighted by molar-refractivity contribution is 5.94. The lowest BCUT2D eigenvalue weighted by atomic mass is 10.0. The fourth-order valence-electron chi connectivity index (χ4n) is 1.65. The van der Waals surface area contributed by atoms with Gasteiger partial charge in [0.2, 0.25) is 0 Å². The second-order valence-corrected chi connectivity index (χ2v) is 3.74. The number of rotatable bonds is 3. The van der Waals surface area contributed by atoms with E-state index in [2.05, 4.69) is 0 Å². The SMILES string of the molecule is O=Cc1ccc(-c2cccc(C(=O)NF)c2)cc1. The molecule has 4 heteroatoms. The summed E-state index contributed by atoms with van der Waals surface area (Å²) in [5.41, 5.74) is 3.56. The Morgan fingerprint density at radius 1 is 1.06 bits per heavy atom. The van der Waals surface area contributed by atoms with Crippen LogP contribution in [0.3, 0.4) is 0 Å². The minimum absolute atomic E-state index is 0.245. The summed E-state index contributed by atoms with van der Waals surface area (Å²) >= 11 is 0. The minimum Gasteiger partial charge on any atom is -0.298 e. The number of hydrogen-bond acceptors (Lipinski definition) is 2. The summed E-state index contributed by atoms with van der Waals surface area (Å²) in [6.07, 6.45) is 0.761. The van der Waals surface area contributed by atoms with Gasteiger partial charge in [-0.3, -0.25) is 9.59 Å². The summed E-state index contributed by atoms with van der Waals surface area (Å²) in [7, 11) is 0. The van der Waals surface area contributed by atoms with Crippen LogP contribution in [0.2, 0.25) is 0 Å². The van der Waals surface area contributed by atoms with E-state index in [-0.39, 0.29) is 5.56 Å². The lowest BCUT2D eigenvalue weighted by molar-refractivity contribution is 0.0859. The van der Waals surface area contributed by atoms with Gasteiger partial charge in [0.25, 0.3) is 5.91 Å². The number of carbonyl (C=O) groups is 2. The van der Waals surface area contributed by atoms with Crippen molar-refractivity contribution in [3.8, 4) is 11.1 Å². The molecule has 0 aliphatic rings. The molecule has 0 atom stereocenters. The molecule has 0 fully saturated rings. The maximum Gasteiger partial charge on any atom is 0.278 e. The van der Waals surface area contributed by atoms with Crippen LogP contribution in [0.1, 0.15) is 20.7 Å². The average Bonchev–Trinajstić information content (AvgIpc) is 2.46. The van der Waals surface area contributed by atoms with Gasteiger partial charge in [0.05, 0.1) is 0 Å². The highest BCUT2D eigenvalue weighted by Crippen LogP contribution is 2.20. The Morgan fingerprint density at radius 3 is 2.39 bits per heavy atom. The molecule has 90 valence electrons. The standard InChI is InChI=1S/C14H10FNO2/c15-16-14(18)13-3-1-2-12(8-13)11-6-4-10(9-17)5-7-11/h1-9H,(H,16,18). The quantitative estimate of drug-likeness (QED) is 0.665. The molecule has 0 spiro atoms. The Hall–Kier alpha value is -2.49. The summed E-state index contributed by atoms with van der Waals surface area (Å²) in [6.45, 7) is 0. The molecular formula is C14H10FNO2. The second-order valence-electron chi connectivity index (χ2n) is 3.74. The van der Waals surface area contributed by atoms with E-state index in [0.717, 1.165) is 23.0 Å². The molecule has 2 rings (SSSR count). The van der Waals surface area contributed by atoms with Gasteiger partial charge in [-0.1, -0.05) is 40.9 Å². The Kier molecular flexibility index (Phi) is 3.48. The number of amides is 1. The zero-order valence-electron chi connectivity index (χ0n) is 9.39. The average molecular weight is 243 g/mol. The largest absolute Gasteiger partial charge is 0.298 e. The van der Waals surface area contributed by atoms with Gasteiger partial charge in [-0.2, -0.15) is 5.54 Å². The third kappa shape index (κ3) is 2.43. The molecule has 3 nitrogen and oxygen atoms in total. The van der Waals surface area contributed by atoms with E-state index in [0.29, 0.717) is 5.56 Å². The maximum absolute atomic E-state index is 12.1. The molecule has 2 aromatic rings. The van der Waals surface area contributed by atoms with Crippen LogP contribution in [0, 0.1) is 0 Å².